The fourth-order valence-corrected chi connectivity index (χ4v) is 4.09. The Morgan fingerprint density at radius 1 is 1.14 bits per heavy atom. The van der Waals surface area contributed by atoms with E-state index < -0.39 is 34.4 Å². The number of hydrogen-bond donors (Lipinski definition) is 1. The third kappa shape index (κ3) is 4.45. The molecule has 1 aliphatic rings. The van der Waals surface area contributed by atoms with E-state index in [4.69, 9.17) is 0 Å². The Bertz CT molecular complexity index is 940. The molecular formula is C18H13F3N2O3S2. The summed E-state index contributed by atoms with van der Waals surface area (Å²) in [5, 5.41) is 3.68. The van der Waals surface area contributed by atoms with E-state index in [1.54, 1.807) is 12.1 Å². The number of alkyl halides is 3. The first-order chi connectivity index (χ1) is 13.3. The SMILES string of the molecule is O=C(NCCN1C(=O)SC(=Cc2cccs2)C1=O)c1ccccc1C(F)(F)F. The first kappa shape index (κ1) is 20.2. The smallest absolute Gasteiger partial charge is 0.350 e. The molecule has 1 saturated heterocycles. The number of halogens is 3. The van der Waals surface area contributed by atoms with E-state index in [1.165, 1.54) is 23.5 Å². The van der Waals surface area contributed by atoms with Crippen molar-refractivity contribution in [2.45, 2.75) is 6.18 Å². The average Bonchev–Trinajstić information content (AvgIpc) is 3.24. The summed E-state index contributed by atoms with van der Waals surface area (Å²) in [5.41, 5.74) is -1.56. The van der Waals surface area contributed by atoms with E-state index >= 15 is 0 Å². The first-order valence-electron chi connectivity index (χ1n) is 8.00. The predicted molar refractivity (Wildman–Crippen MR) is 101 cm³/mol. The van der Waals surface area contributed by atoms with Crippen molar-refractivity contribution >= 4 is 46.2 Å². The average molecular weight is 426 g/mol. The van der Waals surface area contributed by atoms with E-state index in [1.807, 2.05) is 11.4 Å². The number of thiophene rings is 1. The molecule has 28 heavy (non-hydrogen) atoms. The maximum atomic E-state index is 13.0. The van der Waals surface area contributed by atoms with Crippen LogP contribution >= 0.6 is 23.1 Å². The van der Waals surface area contributed by atoms with Gasteiger partial charge >= 0.3 is 6.18 Å². The molecule has 1 aromatic carbocycles. The lowest BCUT2D eigenvalue weighted by Crippen LogP contribution is -2.37. The van der Waals surface area contributed by atoms with Crippen molar-refractivity contribution in [3.05, 3.63) is 62.7 Å². The van der Waals surface area contributed by atoms with Gasteiger partial charge < -0.3 is 5.32 Å². The van der Waals surface area contributed by atoms with Gasteiger partial charge in [0.05, 0.1) is 16.0 Å². The second-order valence-electron chi connectivity index (χ2n) is 5.65. The minimum atomic E-state index is -4.66. The molecule has 0 atom stereocenters. The van der Waals surface area contributed by atoms with Gasteiger partial charge in [0.2, 0.25) is 0 Å². The molecule has 5 nitrogen and oxygen atoms in total. The van der Waals surface area contributed by atoms with Crippen molar-refractivity contribution in [3.63, 3.8) is 0 Å². The summed E-state index contributed by atoms with van der Waals surface area (Å²) in [7, 11) is 0. The third-order valence-corrected chi connectivity index (χ3v) is 5.51. The van der Waals surface area contributed by atoms with Gasteiger partial charge in [-0.15, -0.1) is 11.3 Å². The molecule has 0 unspecified atom stereocenters. The van der Waals surface area contributed by atoms with E-state index in [0.717, 1.165) is 33.7 Å². The number of benzene rings is 1. The fourth-order valence-electron chi connectivity index (χ4n) is 2.50. The summed E-state index contributed by atoms with van der Waals surface area (Å²) in [5.74, 6) is -1.41. The molecule has 1 fully saturated rings. The summed E-state index contributed by atoms with van der Waals surface area (Å²) in [6.07, 6.45) is -3.05. The third-order valence-electron chi connectivity index (χ3n) is 3.79. The normalized spacial score (nSPS) is 16.1. The maximum Gasteiger partial charge on any atom is 0.417 e. The molecule has 146 valence electrons. The Labute approximate surface area is 166 Å². The molecule has 3 rings (SSSR count). The minimum Gasteiger partial charge on any atom is -0.350 e. The van der Waals surface area contributed by atoms with Crippen LogP contribution in [0.15, 0.2) is 46.7 Å². The van der Waals surface area contributed by atoms with Crippen LogP contribution in [0.5, 0.6) is 0 Å². The zero-order valence-corrected chi connectivity index (χ0v) is 15.8. The molecule has 10 heteroatoms. The Morgan fingerprint density at radius 2 is 1.89 bits per heavy atom. The Kier molecular flexibility index (Phi) is 5.90. The van der Waals surface area contributed by atoms with Crippen LogP contribution in [0.3, 0.4) is 0 Å². The molecule has 1 aliphatic heterocycles. The lowest BCUT2D eigenvalue weighted by Gasteiger charge is -2.15. The number of carbonyl (C=O) groups is 3. The number of carbonyl (C=O) groups excluding carboxylic acids is 3. The zero-order chi connectivity index (χ0) is 20.3. The standard InChI is InChI=1S/C18H13F3N2O3S2/c19-18(20,21)13-6-2-1-5-12(13)15(24)22-7-8-23-16(25)14(28-17(23)26)10-11-4-3-9-27-11/h1-6,9-10H,7-8H2,(H,22,24). The van der Waals surface area contributed by atoms with Gasteiger partial charge in [-0.2, -0.15) is 13.2 Å². The van der Waals surface area contributed by atoms with Gasteiger partial charge in [0.15, 0.2) is 0 Å². The van der Waals surface area contributed by atoms with Crippen molar-refractivity contribution in [1.29, 1.82) is 0 Å². The van der Waals surface area contributed by atoms with Crippen LogP contribution in [0.25, 0.3) is 6.08 Å². The van der Waals surface area contributed by atoms with E-state index in [2.05, 4.69) is 5.32 Å². The number of nitrogens with zero attached hydrogens (tertiary/aromatic N) is 1. The molecule has 1 N–H and O–H groups in total. The fraction of sp³-hybridized carbons (Fsp3) is 0.167. The minimum absolute atomic E-state index is 0.133. The van der Waals surface area contributed by atoms with Crippen molar-refractivity contribution in [2.75, 3.05) is 13.1 Å². The van der Waals surface area contributed by atoms with E-state index in [0.29, 0.717) is 0 Å². The van der Waals surface area contributed by atoms with E-state index in [-0.39, 0.29) is 18.0 Å². The second kappa shape index (κ2) is 8.19. The second-order valence-corrected chi connectivity index (χ2v) is 7.62. The van der Waals surface area contributed by atoms with Gasteiger partial charge in [-0.05, 0) is 41.4 Å². The van der Waals surface area contributed by atoms with Crippen molar-refractivity contribution in [1.82, 2.24) is 10.2 Å². The lowest BCUT2D eigenvalue weighted by molar-refractivity contribution is -0.138. The molecule has 0 bridgehead atoms. The maximum absolute atomic E-state index is 13.0. The molecule has 1 aromatic heterocycles. The number of amides is 3. The van der Waals surface area contributed by atoms with Gasteiger partial charge in [0.1, 0.15) is 0 Å². The monoisotopic (exact) mass is 426 g/mol. The molecule has 2 heterocycles. The van der Waals surface area contributed by atoms with Crippen LogP contribution in [0.2, 0.25) is 0 Å². The van der Waals surface area contributed by atoms with Gasteiger partial charge in [0.25, 0.3) is 17.1 Å². The number of imide groups is 1. The van der Waals surface area contributed by atoms with Crippen LogP contribution < -0.4 is 5.32 Å². The van der Waals surface area contributed by atoms with Gasteiger partial charge in [0, 0.05) is 18.0 Å². The first-order valence-corrected chi connectivity index (χ1v) is 9.70. The van der Waals surface area contributed by atoms with E-state index in [9.17, 15) is 27.6 Å². The van der Waals surface area contributed by atoms with Crippen LogP contribution in [-0.4, -0.2) is 35.0 Å². The highest BCUT2D eigenvalue weighted by Gasteiger charge is 2.36. The highest BCUT2D eigenvalue weighted by Crippen LogP contribution is 2.33. The molecule has 0 saturated carbocycles. The van der Waals surface area contributed by atoms with Crippen LogP contribution in [-0.2, 0) is 11.0 Å². The highest BCUT2D eigenvalue weighted by molar-refractivity contribution is 8.18. The van der Waals surface area contributed by atoms with Gasteiger partial charge in [-0.25, -0.2) is 0 Å². The molecule has 3 amide bonds. The summed E-state index contributed by atoms with van der Waals surface area (Å²) in [6.45, 7) is -0.290. The summed E-state index contributed by atoms with van der Waals surface area (Å²) < 4.78 is 39.0. The molecular weight excluding hydrogens is 413 g/mol. The van der Waals surface area contributed by atoms with Crippen LogP contribution in [0.4, 0.5) is 18.0 Å². The quantitative estimate of drug-likeness (QED) is 0.727. The largest absolute Gasteiger partial charge is 0.417 e. The summed E-state index contributed by atoms with van der Waals surface area (Å²) in [6, 6.07) is 8.03. The topological polar surface area (TPSA) is 66.5 Å². The Morgan fingerprint density at radius 3 is 2.57 bits per heavy atom. The predicted octanol–water partition coefficient (Wildman–Crippen LogP) is 4.23. The number of hydrogen-bond acceptors (Lipinski definition) is 5. The number of thioether (sulfide) groups is 1. The molecule has 0 radical (unpaired) electrons. The molecule has 0 spiro atoms. The van der Waals surface area contributed by atoms with Gasteiger partial charge in [-0.3, -0.25) is 19.3 Å². The van der Waals surface area contributed by atoms with Crippen LogP contribution in [0.1, 0.15) is 20.8 Å². The Balaban J connectivity index is 1.62. The number of rotatable bonds is 5. The Hall–Kier alpha value is -2.59. The molecule has 0 aliphatic carbocycles. The summed E-state index contributed by atoms with van der Waals surface area (Å²) >= 11 is 2.20. The highest BCUT2D eigenvalue weighted by atomic mass is 32.2. The lowest BCUT2D eigenvalue weighted by atomic mass is 10.1. The number of nitrogens with one attached hydrogen (secondary N) is 1. The molecule has 2 aromatic rings. The van der Waals surface area contributed by atoms with Crippen LogP contribution in [0, 0.1) is 0 Å². The van der Waals surface area contributed by atoms with Gasteiger partial charge in [-0.1, -0.05) is 18.2 Å². The van der Waals surface area contributed by atoms with Crippen molar-refractivity contribution in [2.24, 2.45) is 0 Å². The van der Waals surface area contributed by atoms with Crippen molar-refractivity contribution in [3.8, 4) is 0 Å². The zero-order valence-electron chi connectivity index (χ0n) is 14.2. The summed E-state index contributed by atoms with van der Waals surface area (Å²) in [4.78, 5) is 38.5. The van der Waals surface area contributed by atoms with Crippen molar-refractivity contribution < 1.29 is 27.6 Å².